The molecule has 4 nitrogen and oxygen atoms in total. The lowest BCUT2D eigenvalue weighted by molar-refractivity contribution is -0.134. The van der Waals surface area contributed by atoms with E-state index in [2.05, 4.69) is 10.0 Å². The summed E-state index contributed by atoms with van der Waals surface area (Å²) in [6, 6.07) is 5.30. The molecule has 1 aliphatic rings. The van der Waals surface area contributed by atoms with Crippen molar-refractivity contribution in [3.8, 4) is 0 Å². The number of carbonyl (C=O) groups is 1. The molecule has 2 heterocycles. The number of likely N-dealkylation sites (N-methyl/N-ethyl adjacent to an activating group) is 1. The molecule has 1 aromatic heterocycles. The van der Waals surface area contributed by atoms with Gasteiger partial charge in [0.15, 0.2) is 0 Å². The molecule has 1 saturated heterocycles. The number of hydrogen-bond acceptors (Lipinski definition) is 5. The van der Waals surface area contributed by atoms with Crippen molar-refractivity contribution in [2.24, 2.45) is 0 Å². The average Bonchev–Trinajstić information content (AvgIpc) is 3.09. The minimum Gasteiger partial charge on any atom is -0.325 e. The molecule has 0 radical (unpaired) electrons. The average molecular weight is 440 g/mol. The maximum atomic E-state index is 13.2. The first kappa shape index (κ1) is 20.4. The van der Waals surface area contributed by atoms with Crippen LogP contribution in [-0.4, -0.2) is 23.3 Å². The molecule has 0 spiro atoms. The Balaban J connectivity index is 1.72. The van der Waals surface area contributed by atoms with Gasteiger partial charge in [-0.05, 0) is 43.8 Å². The molecule has 146 valence electrons. The lowest BCUT2D eigenvalue weighted by Crippen LogP contribution is -2.45. The predicted octanol–water partition coefficient (Wildman–Crippen LogP) is 5.10. The molecular formula is C16H14ClF4N3OS2. The third-order valence-electron chi connectivity index (χ3n) is 3.98. The zero-order valence-electron chi connectivity index (χ0n) is 13.8. The highest BCUT2D eigenvalue weighted by molar-refractivity contribution is 7.95. The van der Waals surface area contributed by atoms with E-state index in [1.54, 1.807) is 11.4 Å². The second kappa shape index (κ2) is 7.96. The molecule has 1 amide bonds. The summed E-state index contributed by atoms with van der Waals surface area (Å²) in [6.45, 7) is 0. The molecule has 2 atom stereocenters. The third-order valence-corrected chi connectivity index (χ3v) is 6.44. The third kappa shape index (κ3) is 4.75. The standard InChI is InChI=1S/C16H14ClF4N3OS2/c1-24-12(15(25)22-8-2-3-10(18)9(17)6-8)7-11(23-27-24)13-4-5-14(26-13)16(19,20)21/h2-6,11-12,23H,7H2,1H3,(H,22,25)/t11-,12+/m0/s1. The van der Waals surface area contributed by atoms with Crippen LogP contribution in [0.25, 0.3) is 0 Å². The van der Waals surface area contributed by atoms with Gasteiger partial charge < -0.3 is 5.32 Å². The highest BCUT2D eigenvalue weighted by atomic mass is 35.5. The molecular weight excluding hydrogens is 426 g/mol. The molecule has 0 bridgehead atoms. The first-order valence-electron chi connectivity index (χ1n) is 7.73. The Morgan fingerprint density at radius 2 is 2.07 bits per heavy atom. The molecule has 1 fully saturated rings. The highest BCUT2D eigenvalue weighted by Crippen LogP contribution is 2.39. The summed E-state index contributed by atoms with van der Waals surface area (Å²) < 4.78 is 56.4. The van der Waals surface area contributed by atoms with Gasteiger partial charge >= 0.3 is 6.18 Å². The van der Waals surface area contributed by atoms with E-state index in [0.29, 0.717) is 21.9 Å². The Hall–Kier alpha value is -1.33. The fraction of sp³-hybridized carbons (Fsp3) is 0.312. The number of rotatable bonds is 3. The maximum Gasteiger partial charge on any atom is 0.425 e. The number of nitrogens with zero attached hydrogens (tertiary/aromatic N) is 1. The summed E-state index contributed by atoms with van der Waals surface area (Å²) in [5.41, 5.74) is 0.343. The van der Waals surface area contributed by atoms with Gasteiger partial charge in [-0.25, -0.2) is 13.4 Å². The Bertz CT molecular complexity index is 845. The highest BCUT2D eigenvalue weighted by Gasteiger charge is 2.36. The van der Waals surface area contributed by atoms with Crippen molar-refractivity contribution in [1.82, 2.24) is 9.03 Å². The number of alkyl halides is 3. The number of carbonyl (C=O) groups excluding carboxylic acids is 1. The van der Waals surface area contributed by atoms with E-state index in [1.807, 2.05) is 0 Å². The predicted molar refractivity (Wildman–Crippen MR) is 99.0 cm³/mol. The Labute approximate surface area is 166 Å². The molecule has 11 heteroatoms. The number of benzene rings is 1. The summed E-state index contributed by atoms with van der Waals surface area (Å²) in [5.74, 6) is -0.950. The zero-order chi connectivity index (χ0) is 19.8. The number of thiophene rings is 1. The molecule has 27 heavy (non-hydrogen) atoms. The van der Waals surface area contributed by atoms with Crippen molar-refractivity contribution in [1.29, 1.82) is 0 Å². The van der Waals surface area contributed by atoms with Gasteiger partial charge in [0, 0.05) is 22.7 Å². The first-order chi connectivity index (χ1) is 12.6. The van der Waals surface area contributed by atoms with Crippen LogP contribution in [0.4, 0.5) is 23.2 Å². The van der Waals surface area contributed by atoms with Crippen LogP contribution in [0.1, 0.15) is 22.2 Å². The fourth-order valence-electron chi connectivity index (χ4n) is 2.57. The summed E-state index contributed by atoms with van der Waals surface area (Å²) in [6.07, 6.45) is -4.11. The summed E-state index contributed by atoms with van der Waals surface area (Å²) in [4.78, 5) is 12.4. The topological polar surface area (TPSA) is 44.4 Å². The van der Waals surface area contributed by atoms with E-state index in [9.17, 15) is 22.4 Å². The lowest BCUT2D eigenvalue weighted by Gasteiger charge is -2.35. The lowest BCUT2D eigenvalue weighted by atomic mass is 10.1. The van der Waals surface area contributed by atoms with Crippen LogP contribution in [0.2, 0.25) is 5.02 Å². The van der Waals surface area contributed by atoms with Gasteiger partial charge in [0.25, 0.3) is 0 Å². The summed E-state index contributed by atoms with van der Waals surface area (Å²) in [7, 11) is 1.70. The quantitative estimate of drug-likeness (QED) is 0.516. The van der Waals surface area contributed by atoms with Crippen LogP contribution in [0.15, 0.2) is 30.3 Å². The number of halogens is 5. The molecule has 2 aromatic rings. The normalized spacial score (nSPS) is 21.3. The fourth-order valence-corrected chi connectivity index (χ4v) is 4.59. The minimum atomic E-state index is -4.39. The summed E-state index contributed by atoms with van der Waals surface area (Å²) in [5, 5.41) is 2.55. The van der Waals surface area contributed by atoms with Crippen molar-refractivity contribution in [3.63, 3.8) is 0 Å². The SMILES string of the molecule is CN1SN[C@H](c2ccc(C(F)(F)F)s2)C[C@@H]1C(=O)Nc1ccc(F)c(Cl)c1. The largest absolute Gasteiger partial charge is 0.425 e. The molecule has 3 rings (SSSR count). The van der Waals surface area contributed by atoms with Crippen molar-refractivity contribution in [2.75, 3.05) is 12.4 Å². The second-order valence-corrected chi connectivity index (χ2v) is 8.39. The van der Waals surface area contributed by atoms with E-state index in [1.165, 1.54) is 18.2 Å². The minimum absolute atomic E-state index is 0.114. The monoisotopic (exact) mass is 439 g/mol. The molecule has 0 aliphatic carbocycles. The smallest absolute Gasteiger partial charge is 0.325 e. The number of anilines is 1. The van der Waals surface area contributed by atoms with Gasteiger partial charge in [0.05, 0.1) is 11.1 Å². The van der Waals surface area contributed by atoms with Crippen LogP contribution >= 0.6 is 35.1 Å². The molecule has 1 aromatic carbocycles. The van der Waals surface area contributed by atoms with Gasteiger partial charge in [-0.2, -0.15) is 13.2 Å². The van der Waals surface area contributed by atoms with Crippen LogP contribution in [0.5, 0.6) is 0 Å². The molecule has 0 unspecified atom stereocenters. The number of nitrogens with one attached hydrogen (secondary N) is 2. The Morgan fingerprint density at radius 1 is 1.33 bits per heavy atom. The Morgan fingerprint density at radius 3 is 2.70 bits per heavy atom. The first-order valence-corrected chi connectivity index (χ1v) is 9.70. The van der Waals surface area contributed by atoms with Crippen LogP contribution in [-0.2, 0) is 11.0 Å². The van der Waals surface area contributed by atoms with Crippen LogP contribution < -0.4 is 10.0 Å². The van der Waals surface area contributed by atoms with E-state index in [-0.39, 0.29) is 17.4 Å². The van der Waals surface area contributed by atoms with Crippen LogP contribution in [0, 0.1) is 5.82 Å². The molecule has 0 saturated carbocycles. The van der Waals surface area contributed by atoms with Crippen molar-refractivity contribution < 1.29 is 22.4 Å². The van der Waals surface area contributed by atoms with E-state index in [0.717, 1.165) is 24.3 Å². The van der Waals surface area contributed by atoms with Crippen LogP contribution in [0.3, 0.4) is 0 Å². The van der Waals surface area contributed by atoms with Gasteiger partial charge in [-0.1, -0.05) is 11.6 Å². The number of amides is 1. The zero-order valence-corrected chi connectivity index (χ0v) is 16.2. The van der Waals surface area contributed by atoms with E-state index < -0.39 is 29.0 Å². The Kier molecular flexibility index (Phi) is 6.02. The molecule has 1 aliphatic heterocycles. The van der Waals surface area contributed by atoms with Gasteiger partial charge in [-0.3, -0.25) is 4.79 Å². The number of hydrogen-bond donors (Lipinski definition) is 2. The van der Waals surface area contributed by atoms with Gasteiger partial charge in [0.2, 0.25) is 5.91 Å². The van der Waals surface area contributed by atoms with Gasteiger partial charge in [-0.15, -0.1) is 11.3 Å². The van der Waals surface area contributed by atoms with Crippen molar-refractivity contribution in [3.05, 3.63) is 50.9 Å². The summed E-state index contributed by atoms with van der Waals surface area (Å²) >= 11 is 7.52. The van der Waals surface area contributed by atoms with Crippen molar-refractivity contribution >= 4 is 46.7 Å². The maximum absolute atomic E-state index is 13.2. The van der Waals surface area contributed by atoms with E-state index in [4.69, 9.17) is 11.6 Å². The van der Waals surface area contributed by atoms with E-state index >= 15 is 0 Å². The van der Waals surface area contributed by atoms with Gasteiger partial charge in [0.1, 0.15) is 16.7 Å². The van der Waals surface area contributed by atoms with Crippen molar-refractivity contribution in [2.45, 2.75) is 24.7 Å². The second-order valence-electron chi connectivity index (χ2n) is 5.88. The molecule has 2 N–H and O–H groups in total.